The summed E-state index contributed by atoms with van der Waals surface area (Å²) >= 11 is 0. The van der Waals surface area contributed by atoms with Crippen LogP contribution in [0.1, 0.15) is 32.3 Å². The molecule has 0 heterocycles. The molecule has 1 rings (SSSR count). The molecular weight excluding hydrogens is 359 g/mol. The minimum Gasteiger partial charge on any atom is -0.461 e. The Hall–Kier alpha value is -0.776. The summed E-state index contributed by atoms with van der Waals surface area (Å²) in [5.41, 5.74) is 4.70. The van der Waals surface area contributed by atoms with Gasteiger partial charge in [0.2, 0.25) is 0 Å². The van der Waals surface area contributed by atoms with Crippen molar-refractivity contribution in [3.63, 3.8) is 0 Å². The summed E-state index contributed by atoms with van der Waals surface area (Å²) in [7, 11) is 0. The minimum atomic E-state index is -0.366. The van der Waals surface area contributed by atoms with E-state index < -0.39 is 0 Å². The molecule has 0 amide bonds. The summed E-state index contributed by atoms with van der Waals surface area (Å²) in [6.07, 6.45) is 0.702. The van der Waals surface area contributed by atoms with Crippen molar-refractivity contribution in [1.29, 1.82) is 0 Å². The Morgan fingerprint density at radius 2 is 1.77 bits per heavy atom. The molecule has 0 aromatic heterocycles. The van der Waals surface area contributed by atoms with Gasteiger partial charge in [-0.25, -0.2) is 4.79 Å². The summed E-state index contributed by atoms with van der Waals surface area (Å²) in [5, 5.41) is 0. The van der Waals surface area contributed by atoms with E-state index in [1.165, 1.54) is 0 Å². The van der Waals surface area contributed by atoms with Gasteiger partial charge in [-0.15, -0.1) is 0 Å². The van der Waals surface area contributed by atoms with Crippen LogP contribution in [-0.4, -0.2) is 24.6 Å². The Morgan fingerprint density at radius 1 is 1.14 bits per heavy atom. The van der Waals surface area contributed by atoms with Crippen LogP contribution in [0.2, 0.25) is 0 Å². The number of ether oxygens (including phenoxy) is 2. The van der Waals surface area contributed by atoms with E-state index >= 15 is 0 Å². The second kappa shape index (κ2) is 11.7. The molecule has 0 aliphatic rings. The molecule has 1 radical (unpaired) electrons. The van der Waals surface area contributed by atoms with Gasteiger partial charge in [-0.05, 0) is 12.0 Å². The fourth-order valence-corrected chi connectivity index (χ4v) is 1.58. The van der Waals surface area contributed by atoms with E-state index in [2.05, 4.69) is 5.73 Å². The molecule has 119 valence electrons. The molecule has 0 fully saturated rings. The van der Waals surface area contributed by atoms with Gasteiger partial charge < -0.3 is 15.2 Å². The molecule has 0 saturated heterocycles. The Morgan fingerprint density at radius 3 is 2.36 bits per heavy atom. The molecule has 0 saturated carbocycles. The number of carbonyl (C=O) groups excluding carboxylic acids is 2. The molecule has 0 aliphatic carbocycles. The minimum absolute atomic E-state index is 0. The van der Waals surface area contributed by atoms with Crippen molar-refractivity contribution in [2.45, 2.75) is 39.3 Å². The maximum absolute atomic E-state index is 11.5. The quantitative estimate of drug-likeness (QED) is 0.542. The van der Waals surface area contributed by atoms with E-state index in [4.69, 9.17) is 9.47 Å². The zero-order valence-electron chi connectivity index (χ0n) is 13.3. The van der Waals surface area contributed by atoms with E-state index in [0.717, 1.165) is 5.56 Å². The largest absolute Gasteiger partial charge is 0.461 e. The number of hydrogen-bond acceptors (Lipinski definition) is 4. The van der Waals surface area contributed by atoms with Gasteiger partial charge in [0.15, 0.2) is 6.04 Å². The summed E-state index contributed by atoms with van der Waals surface area (Å²) in [6.45, 7) is 4.32. The fraction of sp³-hybridized carbons (Fsp3) is 0.500. The van der Waals surface area contributed by atoms with Crippen molar-refractivity contribution in [2.24, 2.45) is 5.92 Å². The standard InChI is InChI=1S/C16H23NO4.Y/c1-12(2)15(17)16(19)20-10-6-9-14(18)21-11-13-7-4-3-5-8-13;/h3-5,7-8,12,15H,6,9-11,17H2,1-2H3;/p+1/t15-;/m0./s1. The van der Waals surface area contributed by atoms with Crippen LogP contribution in [0.15, 0.2) is 30.3 Å². The van der Waals surface area contributed by atoms with E-state index in [1.54, 1.807) is 0 Å². The van der Waals surface area contributed by atoms with Gasteiger partial charge in [0.1, 0.15) is 6.61 Å². The van der Waals surface area contributed by atoms with Gasteiger partial charge in [-0.3, -0.25) is 4.79 Å². The Kier molecular flexibility index (Phi) is 11.3. The van der Waals surface area contributed by atoms with E-state index in [1.807, 2.05) is 44.2 Å². The predicted molar refractivity (Wildman–Crippen MR) is 77.9 cm³/mol. The van der Waals surface area contributed by atoms with Crippen molar-refractivity contribution in [3.05, 3.63) is 35.9 Å². The molecule has 6 heteroatoms. The number of benzene rings is 1. The monoisotopic (exact) mass is 383 g/mol. The van der Waals surface area contributed by atoms with Gasteiger partial charge in [0.25, 0.3) is 0 Å². The first-order valence-corrected chi connectivity index (χ1v) is 7.20. The Bertz CT molecular complexity index is 451. The van der Waals surface area contributed by atoms with Gasteiger partial charge >= 0.3 is 11.9 Å². The van der Waals surface area contributed by atoms with Crippen LogP contribution < -0.4 is 5.73 Å². The predicted octanol–water partition coefficient (Wildman–Crippen LogP) is 1.32. The summed E-state index contributed by atoms with van der Waals surface area (Å²) < 4.78 is 10.2. The Balaban J connectivity index is 0.00000441. The topological polar surface area (TPSA) is 80.2 Å². The first-order chi connectivity index (χ1) is 10.0. The second-order valence-electron chi connectivity index (χ2n) is 5.27. The van der Waals surface area contributed by atoms with Crippen LogP contribution in [0.3, 0.4) is 0 Å². The molecule has 5 nitrogen and oxygen atoms in total. The van der Waals surface area contributed by atoms with Crippen LogP contribution in [0.5, 0.6) is 0 Å². The molecular formula is C16H24NO4Y+. The summed E-state index contributed by atoms with van der Waals surface area (Å²) in [4.78, 5) is 23.1. The SMILES string of the molecule is CC(C)[C@H]([NH3+])C(=O)OCCCC(=O)OCc1ccccc1.[Y]. The van der Waals surface area contributed by atoms with E-state index in [-0.39, 0.29) is 76.2 Å². The maximum Gasteiger partial charge on any atom is 0.365 e. The van der Waals surface area contributed by atoms with Crippen LogP contribution in [0.4, 0.5) is 0 Å². The van der Waals surface area contributed by atoms with Gasteiger partial charge in [0.05, 0.1) is 6.61 Å². The first-order valence-electron chi connectivity index (χ1n) is 7.20. The normalized spacial score (nSPS) is 11.5. The zero-order chi connectivity index (χ0) is 15.7. The third-order valence-electron chi connectivity index (χ3n) is 3.12. The third-order valence-corrected chi connectivity index (χ3v) is 3.12. The van der Waals surface area contributed by atoms with Crippen molar-refractivity contribution in [2.75, 3.05) is 6.61 Å². The first kappa shape index (κ1) is 21.2. The number of hydrogen-bond donors (Lipinski definition) is 1. The van der Waals surface area contributed by atoms with Crippen LogP contribution in [0.25, 0.3) is 0 Å². The van der Waals surface area contributed by atoms with Crippen LogP contribution in [-0.2, 0) is 58.4 Å². The molecule has 1 aromatic rings. The number of quaternary nitrogens is 1. The summed E-state index contributed by atoms with van der Waals surface area (Å²) in [5.74, 6) is -0.457. The molecule has 0 aliphatic heterocycles. The summed E-state index contributed by atoms with van der Waals surface area (Å²) in [6, 6.07) is 9.13. The molecule has 3 N–H and O–H groups in total. The van der Waals surface area contributed by atoms with Crippen molar-refractivity contribution in [3.8, 4) is 0 Å². The second-order valence-corrected chi connectivity index (χ2v) is 5.27. The van der Waals surface area contributed by atoms with Gasteiger partial charge in [0, 0.05) is 45.0 Å². The number of rotatable bonds is 8. The number of esters is 2. The van der Waals surface area contributed by atoms with Gasteiger partial charge in [-0.2, -0.15) is 0 Å². The van der Waals surface area contributed by atoms with E-state index in [0.29, 0.717) is 6.42 Å². The van der Waals surface area contributed by atoms with Crippen LogP contribution in [0, 0.1) is 5.92 Å². The molecule has 1 atom stereocenters. The maximum atomic E-state index is 11.5. The smallest absolute Gasteiger partial charge is 0.365 e. The molecule has 0 bridgehead atoms. The molecule has 0 unspecified atom stereocenters. The van der Waals surface area contributed by atoms with E-state index in [9.17, 15) is 9.59 Å². The number of carbonyl (C=O) groups is 2. The average Bonchev–Trinajstić information content (AvgIpc) is 2.49. The van der Waals surface area contributed by atoms with Crippen molar-refractivity contribution >= 4 is 11.9 Å². The Labute approximate surface area is 156 Å². The molecule has 22 heavy (non-hydrogen) atoms. The van der Waals surface area contributed by atoms with Crippen LogP contribution >= 0.6 is 0 Å². The van der Waals surface area contributed by atoms with Gasteiger partial charge in [-0.1, -0.05) is 44.2 Å². The fourth-order valence-electron chi connectivity index (χ4n) is 1.58. The third kappa shape index (κ3) is 8.61. The zero-order valence-corrected chi connectivity index (χ0v) is 16.1. The molecule has 0 spiro atoms. The molecule has 1 aromatic carbocycles. The van der Waals surface area contributed by atoms with Crippen molar-refractivity contribution in [1.82, 2.24) is 0 Å². The average molecular weight is 383 g/mol. The van der Waals surface area contributed by atoms with Crippen molar-refractivity contribution < 1.29 is 57.5 Å².